The van der Waals surface area contributed by atoms with Crippen LogP contribution in [0.2, 0.25) is 0 Å². The Morgan fingerprint density at radius 1 is 1.03 bits per heavy atom. The van der Waals surface area contributed by atoms with Crippen molar-refractivity contribution in [3.63, 3.8) is 0 Å². The summed E-state index contributed by atoms with van der Waals surface area (Å²) in [5, 5.41) is 9.15. The van der Waals surface area contributed by atoms with Crippen molar-refractivity contribution in [1.82, 2.24) is 10.5 Å². The highest BCUT2D eigenvalue weighted by Gasteiger charge is 2.52. The van der Waals surface area contributed by atoms with Crippen LogP contribution in [0.15, 0.2) is 78.0 Å². The quantitative estimate of drug-likeness (QED) is 0.264. The minimum atomic E-state index is -4.05. The van der Waals surface area contributed by atoms with Gasteiger partial charge in [0, 0.05) is 31.2 Å². The van der Waals surface area contributed by atoms with Crippen LogP contribution >= 0.6 is 0 Å². The van der Waals surface area contributed by atoms with Crippen molar-refractivity contribution in [2.24, 2.45) is 0 Å². The molecule has 0 radical (unpaired) electrons. The van der Waals surface area contributed by atoms with E-state index in [0.717, 1.165) is 29.5 Å². The number of sulfone groups is 1. The fraction of sp³-hybridized carbons (Fsp3) is 0.308. The zero-order valence-corrected chi connectivity index (χ0v) is 20.0. The molecule has 1 fully saturated rings. The van der Waals surface area contributed by atoms with Gasteiger partial charge in [-0.25, -0.2) is 13.9 Å². The van der Waals surface area contributed by atoms with Crippen LogP contribution in [0.4, 0.5) is 0 Å². The number of amides is 1. The number of ether oxygens (including phenoxy) is 2. The molecule has 0 atom stereocenters. The van der Waals surface area contributed by atoms with Crippen LogP contribution in [-0.4, -0.2) is 49.1 Å². The number of carbonyl (C=O) groups is 1. The molecule has 2 N–H and O–H groups in total. The van der Waals surface area contributed by atoms with Crippen LogP contribution < -0.4 is 10.2 Å². The minimum Gasteiger partial charge on any atom is -0.494 e. The smallest absolute Gasteiger partial charge is 0.265 e. The summed E-state index contributed by atoms with van der Waals surface area (Å²) in [6, 6.07) is 18.2. The van der Waals surface area contributed by atoms with Crippen molar-refractivity contribution in [3.8, 4) is 16.9 Å². The molecule has 0 bridgehead atoms. The van der Waals surface area contributed by atoms with Crippen molar-refractivity contribution in [3.05, 3.63) is 78.6 Å². The molecule has 2 aromatic carbocycles. The lowest BCUT2D eigenvalue weighted by molar-refractivity contribution is -0.134. The first-order valence-electron chi connectivity index (χ1n) is 11.5. The molecule has 4 rings (SSSR count). The maximum atomic E-state index is 13.3. The molecule has 1 aromatic heterocycles. The number of pyridine rings is 1. The van der Waals surface area contributed by atoms with Crippen molar-refractivity contribution in [2.75, 3.05) is 19.8 Å². The van der Waals surface area contributed by atoms with Crippen LogP contribution in [-0.2, 0) is 25.8 Å². The number of aryl methyl sites for hydroxylation is 1. The number of hydrogen-bond acceptors (Lipinski definition) is 7. The fourth-order valence-corrected chi connectivity index (χ4v) is 6.18. The number of benzene rings is 2. The lowest BCUT2D eigenvalue weighted by Gasteiger charge is -2.34. The van der Waals surface area contributed by atoms with Gasteiger partial charge in [-0.15, -0.1) is 0 Å². The topological polar surface area (TPSA) is 115 Å². The van der Waals surface area contributed by atoms with E-state index in [-0.39, 0.29) is 31.0 Å². The molecule has 1 amide bonds. The molecule has 0 unspecified atom stereocenters. The number of nitrogens with zero attached hydrogens (tertiary/aromatic N) is 1. The Balaban J connectivity index is 1.36. The molecule has 9 heteroatoms. The van der Waals surface area contributed by atoms with Gasteiger partial charge in [0.05, 0.1) is 11.5 Å². The molecule has 184 valence electrons. The highest BCUT2D eigenvalue weighted by Crippen LogP contribution is 2.35. The molecule has 35 heavy (non-hydrogen) atoms. The first-order valence-corrected chi connectivity index (χ1v) is 12.9. The van der Waals surface area contributed by atoms with Gasteiger partial charge in [-0.05, 0) is 67.1 Å². The molecule has 0 saturated carbocycles. The van der Waals surface area contributed by atoms with E-state index in [1.807, 2.05) is 42.7 Å². The fourth-order valence-electron chi connectivity index (χ4n) is 4.24. The van der Waals surface area contributed by atoms with Gasteiger partial charge in [-0.2, -0.15) is 0 Å². The highest BCUT2D eigenvalue weighted by molar-refractivity contribution is 7.93. The lowest BCUT2D eigenvalue weighted by atomic mass is 9.98. The van der Waals surface area contributed by atoms with E-state index in [2.05, 4.69) is 11.1 Å². The number of rotatable bonds is 9. The monoisotopic (exact) mass is 496 g/mol. The largest absolute Gasteiger partial charge is 0.494 e. The third-order valence-corrected chi connectivity index (χ3v) is 8.76. The molecule has 1 aliphatic rings. The molecule has 0 aliphatic carbocycles. The van der Waals surface area contributed by atoms with Gasteiger partial charge < -0.3 is 9.47 Å². The Morgan fingerprint density at radius 2 is 1.74 bits per heavy atom. The van der Waals surface area contributed by atoms with E-state index in [9.17, 15) is 13.2 Å². The summed E-state index contributed by atoms with van der Waals surface area (Å²) >= 11 is 0. The first kappa shape index (κ1) is 24.8. The van der Waals surface area contributed by atoms with Crippen molar-refractivity contribution in [1.29, 1.82) is 0 Å². The van der Waals surface area contributed by atoms with E-state index < -0.39 is 20.5 Å². The summed E-state index contributed by atoms with van der Waals surface area (Å²) in [7, 11) is -4.05. The second-order valence-electron chi connectivity index (χ2n) is 8.42. The average molecular weight is 497 g/mol. The molecular formula is C26H28N2O6S. The van der Waals surface area contributed by atoms with Crippen LogP contribution in [0.3, 0.4) is 0 Å². The van der Waals surface area contributed by atoms with Crippen molar-refractivity contribution >= 4 is 15.7 Å². The number of aromatic nitrogens is 1. The average Bonchev–Trinajstić information content (AvgIpc) is 2.92. The Hall–Kier alpha value is -3.27. The number of carbonyl (C=O) groups excluding carboxylic acids is 1. The molecule has 1 saturated heterocycles. The molecule has 2 heterocycles. The van der Waals surface area contributed by atoms with Gasteiger partial charge in [-0.1, -0.05) is 30.3 Å². The summed E-state index contributed by atoms with van der Waals surface area (Å²) in [4.78, 5) is 16.7. The van der Waals surface area contributed by atoms with E-state index in [0.29, 0.717) is 12.4 Å². The van der Waals surface area contributed by atoms with Crippen LogP contribution in [0.1, 0.15) is 24.8 Å². The van der Waals surface area contributed by atoms with Gasteiger partial charge in [0.25, 0.3) is 5.91 Å². The number of nitrogens with one attached hydrogen (secondary N) is 1. The minimum absolute atomic E-state index is 0.000786. The second kappa shape index (κ2) is 11.0. The second-order valence-corrected chi connectivity index (χ2v) is 10.7. The SMILES string of the molecule is O=C(NO)C1(S(=O)(=O)c2ccc(OCCCc3cncc(-c4ccccc4)c3)cc2)CCOCC1. The Kier molecular flexibility index (Phi) is 7.80. The zero-order valence-electron chi connectivity index (χ0n) is 19.2. The van der Waals surface area contributed by atoms with E-state index in [4.69, 9.17) is 14.7 Å². The predicted octanol–water partition coefficient (Wildman–Crippen LogP) is 3.59. The van der Waals surface area contributed by atoms with Crippen LogP contribution in [0.5, 0.6) is 5.75 Å². The summed E-state index contributed by atoms with van der Waals surface area (Å²) < 4.78 is 35.9. The number of hydroxylamine groups is 1. The molecule has 3 aromatic rings. The van der Waals surface area contributed by atoms with Gasteiger partial charge in [-0.3, -0.25) is 15.0 Å². The highest BCUT2D eigenvalue weighted by atomic mass is 32.2. The van der Waals surface area contributed by atoms with Gasteiger partial charge in [0.2, 0.25) is 0 Å². The van der Waals surface area contributed by atoms with E-state index >= 15 is 0 Å². The summed E-state index contributed by atoms with van der Waals surface area (Å²) in [5.74, 6) is -0.403. The maximum absolute atomic E-state index is 13.3. The maximum Gasteiger partial charge on any atom is 0.265 e. The summed E-state index contributed by atoms with van der Waals surface area (Å²) in [5.41, 5.74) is 4.82. The molecular weight excluding hydrogens is 468 g/mol. The Labute approximate surface area is 204 Å². The number of hydrogen-bond donors (Lipinski definition) is 2. The third-order valence-electron chi connectivity index (χ3n) is 6.24. The molecule has 1 aliphatic heterocycles. The van der Waals surface area contributed by atoms with Crippen LogP contribution in [0, 0.1) is 0 Å². The molecule has 0 spiro atoms. The van der Waals surface area contributed by atoms with Gasteiger partial charge >= 0.3 is 0 Å². The van der Waals surface area contributed by atoms with Gasteiger partial charge in [0.1, 0.15) is 5.75 Å². The summed E-state index contributed by atoms with van der Waals surface area (Å²) in [6.45, 7) is 0.700. The van der Waals surface area contributed by atoms with E-state index in [1.165, 1.54) is 17.6 Å². The lowest BCUT2D eigenvalue weighted by Crippen LogP contribution is -2.54. The summed E-state index contributed by atoms with van der Waals surface area (Å²) in [6.07, 6.45) is 5.20. The predicted molar refractivity (Wildman–Crippen MR) is 130 cm³/mol. The van der Waals surface area contributed by atoms with Gasteiger partial charge in [0.15, 0.2) is 14.6 Å². The van der Waals surface area contributed by atoms with E-state index in [1.54, 1.807) is 12.1 Å². The van der Waals surface area contributed by atoms with Crippen molar-refractivity contribution in [2.45, 2.75) is 35.3 Å². The molecule has 8 nitrogen and oxygen atoms in total. The standard InChI is InChI=1S/C26H28N2O6S/c29-25(28-30)26(12-15-33-16-13-26)35(31,32)24-10-8-23(9-11-24)34-14-4-5-20-17-22(19-27-18-20)21-6-2-1-3-7-21/h1-3,6-11,17-19,30H,4-5,12-16H2,(H,28,29). The Morgan fingerprint density at radius 3 is 2.43 bits per heavy atom. The van der Waals surface area contributed by atoms with Crippen molar-refractivity contribution < 1.29 is 27.9 Å². The third kappa shape index (κ3) is 5.37. The normalized spacial score (nSPS) is 15.3. The Bertz CT molecular complexity index is 1240. The zero-order chi connectivity index (χ0) is 24.7. The first-order chi connectivity index (χ1) is 17.0. The van der Waals surface area contributed by atoms with Crippen LogP contribution in [0.25, 0.3) is 11.1 Å².